The molecule has 0 N–H and O–H groups in total. The maximum absolute atomic E-state index is 12.8. The Morgan fingerprint density at radius 1 is 1.14 bits per heavy atom. The maximum atomic E-state index is 12.8. The van der Waals surface area contributed by atoms with Crippen LogP contribution in [0.5, 0.6) is 0 Å². The van der Waals surface area contributed by atoms with Gasteiger partial charge in [0, 0.05) is 0 Å². The topological polar surface area (TPSA) is 91.4 Å². The lowest BCUT2D eigenvalue weighted by Crippen LogP contribution is -2.48. The molecule has 1 aromatic carbocycles. The summed E-state index contributed by atoms with van der Waals surface area (Å²) in [5.41, 5.74) is 0.813. The van der Waals surface area contributed by atoms with Crippen molar-refractivity contribution >= 4 is 18.3 Å². The molecule has 2 aliphatic heterocycles. The van der Waals surface area contributed by atoms with Gasteiger partial charge in [-0.2, -0.15) is 0 Å². The largest absolute Gasteiger partial charge is 0.466 e. The van der Waals surface area contributed by atoms with Crippen LogP contribution in [0.2, 0.25) is 0 Å². The lowest BCUT2D eigenvalue weighted by Gasteiger charge is -2.31. The zero-order chi connectivity index (χ0) is 20.3. The van der Waals surface area contributed by atoms with Crippen LogP contribution in [0.1, 0.15) is 32.8 Å². The number of carbonyl (C=O) groups excluding carboxylic acids is 3. The lowest BCUT2D eigenvalue weighted by molar-refractivity contribution is -0.169. The minimum atomic E-state index is -0.913. The predicted molar refractivity (Wildman–Crippen MR) is 97.2 cm³/mol. The van der Waals surface area contributed by atoms with E-state index in [1.807, 2.05) is 30.3 Å². The Labute approximate surface area is 163 Å². The molecule has 3 rings (SSSR count). The van der Waals surface area contributed by atoms with Gasteiger partial charge in [-0.25, -0.2) is 4.79 Å². The Hall–Kier alpha value is -2.45. The first-order valence-electron chi connectivity index (χ1n) is 9.32. The van der Waals surface area contributed by atoms with Gasteiger partial charge in [0.05, 0.1) is 19.1 Å². The summed E-state index contributed by atoms with van der Waals surface area (Å²) < 4.78 is 22.2. The summed E-state index contributed by atoms with van der Waals surface area (Å²) in [7, 11) is 0. The highest BCUT2D eigenvalue weighted by Crippen LogP contribution is 2.41. The number of benzene rings is 1. The van der Waals surface area contributed by atoms with Crippen molar-refractivity contribution < 1.29 is 33.3 Å². The molecule has 152 valence electrons. The van der Waals surface area contributed by atoms with Crippen LogP contribution in [0.4, 0.5) is 4.79 Å². The van der Waals surface area contributed by atoms with E-state index in [1.54, 1.807) is 20.8 Å². The van der Waals surface area contributed by atoms with Crippen LogP contribution in [0.15, 0.2) is 30.3 Å². The standard InChI is InChI=1S/C20H25NO7/c1-4-25-16(23)10-14-17-18(28-20(2,3)27-17)15(11-22)21(14)19(24)26-12-13-8-6-5-7-9-13/h5-9,11,14-15,17-18H,4,10,12H2,1-3H3/t14-,15-,17+,18-/m0/s1. The van der Waals surface area contributed by atoms with Gasteiger partial charge >= 0.3 is 12.1 Å². The van der Waals surface area contributed by atoms with E-state index < -0.39 is 42.1 Å². The summed E-state index contributed by atoms with van der Waals surface area (Å²) in [6.07, 6.45) is -1.47. The van der Waals surface area contributed by atoms with Gasteiger partial charge in [0.25, 0.3) is 0 Å². The van der Waals surface area contributed by atoms with Crippen LogP contribution in [0.3, 0.4) is 0 Å². The fraction of sp³-hybridized carbons (Fsp3) is 0.550. The van der Waals surface area contributed by atoms with Crippen molar-refractivity contribution in [1.82, 2.24) is 4.90 Å². The molecule has 0 spiro atoms. The molecule has 0 unspecified atom stereocenters. The molecule has 1 aromatic rings. The van der Waals surface area contributed by atoms with E-state index >= 15 is 0 Å². The number of hydrogen-bond donors (Lipinski definition) is 0. The summed E-state index contributed by atoms with van der Waals surface area (Å²) in [5, 5.41) is 0. The van der Waals surface area contributed by atoms with Crippen LogP contribution in [-0.2, 0) is 35.1 Å². The molecular weight excluding hydrogens is 366 g/mol. The Morgan fingerprint density at radius 2 is 1.82 bits per heavy atom. The molecule has 2 aliphatic rings. The average molecular weight is 391 g/mol. The number of nitrogens with zero attached hydrogens (tertiary/aromatic N) is 1. The van der Waals surface area contributed by atoms with Crippen LogP contribution < -0.4 is 0 Å². The minimum absolute atomic E-state index is 0.0520. The Balaban J connectivity index is 1.79. The first kappa shape index (κ1) is 20.3. The van der Waals surface area contributed by atoms with Crippen molar-refractivity contribution in [1.29, 1.82) is 0 Å². The van der Waals surface area contributed by atoms with Crippen molar-refractivity contribution in [3.8, 4) is 0 Å². The summed E-state index contributed by atoms with van der Waals surface area (Å²) >= 11 is 0. The van der Waals surface area contributed by atoms with Crippen molar-refractivity contribution in [3.05, 3.63) is 35.9 Å². The first-order chi connectivity index (χ1) is 13.4. The van der Waals surface area contributed by atoms with E-state index in [9.17, 15) is 14.4 Å². The molecule has 0 radical (unpaired) electrons. The van der Waals surface area contributed by atoms with Crippen molar-refractivity contribution in [2.75, 3.05) is 6.61 Å². The molecule has 0 saturated carbocycles. The number of hydrogen-bond acceptors (Lipinski definition) is 7. The van der Waals surface area contributed by atoms with E-state index in [1.165, 1.54) is 4.90 Å². The Morgan fingerprint density at radius 3 is 2.46 bits per heavy atom. The number of likely N-dealkylation sites (tertiary alicyclic amines) is 1. The number of amides is 1. The van der Waals surface area contributed by atoms with Crippen molar-refractivity contribution in [3.63, 3.8) is 0 Å². The van der Waals surface area contributed by atoms with Gasteiger partial charge in [-0.05, 0) is 26.3 Å². The molecule has 2 heterocycles. The third-order valence-corrected chi connectivity index (χ3v) is 4.79. The predicted octanol–water partition coefficient (Wildman–Crippen LogP) is 2.05. The van der Waals surface area contributed by atoms with Crippen LogP contribution >= 0.6 is 0 Å². The third kappa shape index (κ3) is 4.18. The van der Waals surface area contributed by atoms with E-state index in [-0.39, 0.29) is 19.6 Å². The highest BCUT2D eigenvalue weighted by Gasteiger charge is 2.60. The van der Waals surface area contributed by atoms with Gasteiger partial charge in [-0.3, -0.25) is 9.69 Å². The normalized spacial score (nSPS) is 27.9. The van der Waals surface area contributed by atoms with Crippen LogP contribution in [-0.4, -0.2) is 59.9 Å². The number of rotatable bonds is 6. The van der Waals surface area contributed by atoms with E-state index in [0.717, 1.165) is 5.56 Å². The molecule has 4 atom stereocenters. The number of esters is 1. The van der Waals surface area contributed by atoms with Crippen molar-refractivity contribution in [2.24, 2.45) is 0 Å². The Bertz CT molecular complexity index is 721. The van der Waals surface area contributed by atoms with Gasteiger partial charge in [0.2, 0.25) is 0 Å². The van der Waals surface area contributed by atoms with Gasteiger partial charge in [-0.1, -0.05) is 30.3 Å². The number of aldehydes is 1. The monoisotopic (exact) mass is 391 g/mol. The number of ether oxygens (including phenoxy) is 4. The molecule has 28 heavy (non-hydrogen) atoms. The summed E-state index contributed by atoms with van der Waals surface area (Å²) in [4.78, 5) is 38.0. The second-order valence-corrected chi connectivity index (χ2v) is 7.22. The van der Waals surface area contributed by atoms with Gasteiger partial charge in [0.15, 0.2) is 5.79 Å². The smallest absolute Gasteiger partial charge is 0.411 e. The Kier molecular flexibility index (Phi) is 6.00. The summed E-state index contributed by atoms with van der Waals surface area (Å²) in [6.45, 7) is 5.43. The molecule has 8 heteroatoms. The van der Waals surface area contributed by atoms with E-state index in [0.29, 0.717) is 6.29 Å². The lowest BCUT2D eigenvalue weighted by atomic mass is 10.1. The number of fused-ring (bicyclic) bond motifs is 1. The highest BCUT2D eigenvalue weighted by molar-refractivity contribution is 5.78. The molecule has 0 aliphatic carbocycles. The SMILES string of the molecule is CCOC(=O)C[C@H]1[C@H]2OC(C)(C)O[C@H]2[C@H](C=O)N1C(=O)OCc1ccccc1. The third-order valence-electron chi connectivity index (χ3n) is 4.79. The minimum Gasteiger partial charge on any atom is -0.466 e. The quantitative estimate of drug-likeness (QED) is 0.541. The zero-order valence-electron chi connectivity index (χ0n) is 16.2. The maximum Gasteiger partial charge on any atom is 0.411 e. The molecule has 0 aromatic heterocycles. The molecule has 2 saturated heterocycles. The van der Waals surface area contributed by atoms with Crippen molar-refractivity contribution in [2.45, 2.75) is 63.9 Å². The first-order valence-corrected chi connectivity index (χ1v) is 9.32. The molecule has 1 amide bonds. The number of carbonyl (C=O) groups is 3. The van der Waals surface area contributed by atoms with Crippen LogP contribution in [0.25, 0.3) is 0 Å². The summed E-state index contributed by atoms with van der Waals surface area (Å²) in [5.74, 6) is -1.39. The molecule has 8 nitrogen and oxygen atoms in total. The van der Waals surface area contributed by atoms with Gasteiger partial charge in [-0.15, -0.1) is 0 Å². The van der Waals surface area contributed by atoms with Gasteiger partial charge in [0.1, 0.15) is 31.1 Å². The van der Waals surface area contributed by atoms with Gasteiger partial charge < -0.3 is 23.7 Å². The summed E-state index contributed by atoms with van der Waals surface area (Å²) in [6, 6.07) is 7.57. The fourth-order valence-electron chi connectivity index (χ4n) is 3.72. The molecule has 2 fully saturated rings. The average Bonchev–Trinajstić information content (AvgIpc) is 3.11. The fourth-order valence-corrected chi connectivity index (χ4v) is 3.72. The zero-order valence-corrected chi connectivity index (χ0v) is 16.2. The second-order valence-electron chi connectivity index (χ2n) is 7.22. The van der Waals surface area contributed by atoms with Crippen LogP contribution in [0, 0.1) is 0 Å². The molecular formula is C20H25NO7. The highest BCUT2D eigenvalue weighted by atomic mass is 16.8. The van der Waals surface area contributed by atoms with E-state index in [4.69, 9.17) is 18.9 Å². The molecule has 0 bridgehead atoms. The second kappa shape index (κ2) is 8.28. The van der Waals surface area contributed by atoms with E-state index in [2.05, 4.69) is 0 Å².